The minimum absolute atomic E-state index is 0.221. The lowest BCUT2D eigenvalue weighted by molar-refractivity contribution is 0.104. The molecule has 0 aliphatic heterocycles. The van der Waals surface area contributed by atoms with Gasteiger partial charge in [0.25, 0.3) is 0 Å². The van der Waals surface area contributed by atoms with Crippen molar-refractivity contribution in [3.63, 3.8) is 0 Å². The van der Waals surface area contributed by atoms with Crippen LogP contribution < -0.4 is 14.2 Å². The molecule has 0 unspecified atom stereocenters. The van der Waals surface area contributed by atoms with Gasteiger partial charge in [-0.3, -0.25) is 4.79 Å². The van der Waals surface area contributed by atoms with E-state index >= 15 is 0 Å². The van der Waals surface area contributed by atoms with E-state index in [2.05, 4.69) is 13.2 Å². The predicted octanol–water partition coefficient (Wildman–Crippen LogP) is 5.03. The van der Waals surface area contributed by atoms with Crippen molar-refractivity contribution in [3.05, 3.63) is 84.5 Å². The summed E-state index contributed by atoms with van der Waals surface area (Å²) in [7, 11) is 1.50. The molecule has 0 fully saturated rings. The van der Waals surface area contributed by atoms with Crippen LogP contribution in [0.25, 0.3) is 6.08 Å². The van der Waals surface area contributed by atoms with Crippen molar-refractivity contribution in [2.45, 2.75) is 6.92 Å². The molecule has 0 N–H and O–H groups in total. The normalized spacial score (nSPS) is 10.4. The van der Waals surface area contributed by atoms with Crippen LogP contribution in [0.1, 0.15) is 21.5 Å². The van der Waals surface area contributed by atoms with E-state index < -0.39 is 0 Å². The van der Waals surface area contributed by atoms with Gasteiger partial charge in [-0.05, 0) is 18.6 Å². The van der Waals surface area contributed by atoms with Crippen molar-refractivity contribution in [1.29, 1.82) is 0 Å². The van der Waals surface area contributed by atoms with Crippen LogP contribution in [0.3, 0.4) is 0 Å². The largest absolute Gasteiger partial charge is 0.496 e. The second-order valence-electron chi connectivity index (χ2n) is 5.81. The van der Waals surface area contributed by atoms with E-state index in [-0.39, 0.29) is 12.4 Å². The fourth-order valence-electron chi connectivity index (χ4n) is 2.40. The molecule has 0 amide bonds. The SMILES string of the molecule is C=CCOc1cc(OC)c(C(=O)/C=C/c2ccc(C)cc2)c(OCC=C)c1. The fraction of sp³-hybridized carbons (Fsp3) is 0.174. The Balaban J connectivity index is 2.38. The summed E-state index contributed by atoms with van der Waals surface area (Å²) in [6.45, 7) is 9.89. The number of benzene rings is 2. The molecule has 2 rings (SSSR count). The number of carbonyl (C=O) groups is 1. The van der Waals surface area contributed by atoms with E-state index in [1.807, 2.05) is 31.2 Å². The number of hydrogen-bond donors (Lipinski definition) is 0. The van der Waals surface area contributed by atoms with E-state index in [0.29, 0.717) is 29.4 Å². The minimum Gasteiger partial charge on any atom is -0.496 e. The van der Waals surface area contributed by atoms with Gasteiger partial charge in [-0.15, -0.1) is 0 Å². The van der Waals surface area contributed by atoms with Gasteiger partial charge in [-0.2, -0.15) is 0 Å². The van der Waals surface area contributed by atoms with Crippen molar-refractivity contribution in [2.24, 2.45) is 0 Å². The molecule has 0 radical (unpaired) electrons. The number of methoxy groups -OCH3 is 1. The maximum atomic E-state index is 12.8. The second-order valence-corrected chi connectivity index (χ2v) is 5.81. The summed E-state index contributed by atoms with van der Waals surface area (Å²) in [5, 5.41) is 0. The van der Waals surface area contributed by atoms with Gasteiger partial charge in [0, 0.05) is 12.1 Å². The molecule has 0 saturated heterocycles. The Morgan fingerprint density at radius 1 is 1.00 bits per heavy atom. The van der Waals surface area contributed by atoms with E-state index in [9.17, 15) is 4.79 Å². The molecule has 0 saturated carbocycles. The monoisotopic (exact) mass is 364 g/mol. The highest BCUT2D eigenvalue weighted by molar-refractivity contribution is 6.10. The van der Waals surface area contributed by atoms with Gasteiger partial charge in [0.15, 0.2) is 5.78 Å². The fourth-order valence-corrected chi connectivity index (χ4v) is 2.40. The van der Waals surface area contributed by atoms with Gasteiger partial charge < -0.3 is 14.2 Å². The molecular weight excluding hydrogens is 340 g/mol. The van der Waals surface area contributed by atoms with E-state index in [0.717, 1.165) is 11.1 Å². The molecule has 0 aliphatic carbocycles. The molecular formula is C23H24O4. The van der Waals surface area contributed by atoms with Crippen molar-refractivity contribution in [2.75, 3.05) is 20.3 Å². The highest BCUT2D eigenvalue weighted by Gasteiger charge is 2.19. The predicted molar refractivity (Wildman–Crippen MR) is 109 cm³/mol. The highest BCUT2D eigenvalue weighted by Crippen LogP contribution is 2.35. The smallest absolute Gasteiger partial charge is 0.193 e. The summed E-state index contributed by atoms with van der Waals surface area (Å²) in [4.78, 5) is 12.8. The van der Waals surface area contributed by atoms with Gasteiger partial charge in [0.2, 0.25) is 0 Å². The zero-order valence-corrected chi connectivity index (χ0v) is 15.7. The molecule has 0 aliphatic rings. The van der Waals surface area contributed by atoms with E-state index in [1.54, 1.807) is 30.4 Å². The van der Waals surface area contributed by atoms with Gasteiger partial charge in [0.05, 0.1) is 7.11 Å². The molecule has 0 bridgehead atoms. The molecule has 27 heavy (non-hydrogen) atoms. The molecule has 0 spiro atoms. The zero-order valence-electron chi connectivity index (χ0n) is 15.7. The van der Waals surface area contributed by atoms with Crippen molar-refractivity contribution < 1.29 is 19.0 Å². The summed E-state index contributed by atoms with van der Waals surface area (Å²) < 4.78 is 16.6. The van der Waals surface area contributed by atoms with E-state index in [1.165, 1.54) is 13.2 Å². The summed E-state index contributed by atoms with van der Waals surface area (Å²) in [5.74, 6) is 1.08. The Kier molecular flexibility index (Phi) is 7.44. The lowest BCUT2D eigenvalue weighted by Crippen LogP contribution is -2.06. The maximum Gasteiger partial charge on any atom is 0.193 e. The Bertz CT molecular complexity index is 832. The number of carbonyl (C=O) groups excluding carboxylic acids is 1. The third-order valence-corrected chi connectivity index (χ3v) is 3.73. The summed E-state index contributed by atoms with van der Waals surface area (Å²) in [5.41, 5.74) is 2.44. The van der Waals surface area contributed by atoms with Crippen LogP contribution in [0, 0.1) is 6.92 Å². The lowest BCUT2D eigenvalue weighted by atomic mass is 10.1. The van der Waals surface area contributed by atoms with Gasteiger partial charge in [-0.25, -0.2) is 0 Å². The van der Waals surface area contributed by atoms with Crippen LogP contribution in [-0.4, -0.2) is 26.1 Å². The average Bonchev–Trinajstić information content (AvgIpc) is 2.69. The first kappa shape index (κ1) is 20.0. The Labute approximate surface area is 160 Å². The summed E-state index contributed by atoms with van der Waals surface area (Å²) >= 11 is 0. The van der Waals surface area contributed by atoms with Crippen LogP contribution in [0.15, 0.2) is 67.8 Å². The Morgan fingerprint density at radius 3 is 2.26 bits per heavy atom. The third kappa shape index (κ3) is 5.61. The standard InChI is InChI=1S/C23H24O4/c1-5-13-26-19-15-21(25-4)23(22(16-19)27-14-6-2)20(24)12-11-18-9-7-17(3)8-10-18/h5-12,15-16H,1-2,13-14H2,3-4H3/b12-11+. The quantitative estimate of drug-likeness (QED) is 0.337. The minimum atomic E-state index is -0.221. The highest BCUT2D eigenvalue weighted by atomic mass is 16.5. The lowest BCUT2D eigenvalue weighted by Gasteiger charge is -2.15. The van der Waals surface area contributed by atoms with Crippen LogP contribution in [-0.2, 0) is 0 Å². The summed E-state index contributed by atoms with van der Waals surface area (Å²) in [6.07, 6.45) is 6.52. The van der Waals surface area contributed by atoms with Crippen LogP contribution in [0.5, 0.6) is 17.2 Å². The van der Waals surface area contributed by atoms with Crippen LogP contribution >= 0.6 is 0 Å². The van der Waals surface area contributed by atoms with E-state index in [4.69, 9.17) is 14.2 Å². The first-order chi connectivity index (χ1) is 13.1. The van der Waals surface area contributed by atoms with Crippen molar-refractivity contribution in [3.8, 4) is 17.2 Å². The molecule has 4 heteroatoms. The topological polar surface area (TPSA) is 44.8 Å². The Hall–Kier alpha value is -3.27. The average molecular weight is 364 g/mol. The number of rotatable bonds is 10. The number of aryl methyl sites for hydroxylation is 1. The molecule has 0 aromatic heterocycles. The molecule has 0 heterocycles. The first-order valence-electron chi connectivity index (χ1n) is 8.57. The van der Waals surface area contributed by atoms with Crippen molar-refractivity contribution >= 4 is 11.9 Å². The third-order valence-electron chi connectivity index (χ3n) is 3.73. The molecule has 2 aromatic carbocycles. The van der Waals surface area contributed by atoms with Gasteiger partial charge in [0.1, 0.15) is 36.0 Å². The van der Waals surface area contributed by atoms with Gasteiger partial charge >= 0.3 is 0 Å². The molecule has 0 atom stereocenters. The maximum absolute atomic E-state index is 12.8. The number of ether oxygens (including phenoxy) is 3. The Morgan fingerprint density at radius 2 is 1.63 bits per heavy atom. The van der Waals surface area contributed by atoms with Gasteiger partial charge in [-0.1, -0.05) is 61.2 Å². The first-order valence-corrected chi connectivity index (χ1v) is 8.57. The molecule has 140 valence electrons. The van der Waals surface area contributed by atoms with Crippen molar-refractivity contribution in [1.82, 2.24) is 0 Å². The second kappa shape index (κ2) is 10.0. The number of allylic oxidation sites excluding steroid dienone is 1. The summed E-state index contributed by atoms with van der Waals surface area (Å²) in [6, 6.07) is 11.2. The molecule has 2 aromatic rings. The number of ketones is 1. The number of hydrogen-bond acceptors (Lipinski definition) is 4. The van der Waals surface area contributed by atoms with Crippen LogP contribution in [0.4, 0.5) is 0 Å². The molecule has 4 nitrogen and oxygen atoms in total. The van der Waals surface area contributed by atoms with Crippen LogP contribution in [0.2, 0.25) is 0 Å². The zero-order chi connectivity index (χ0) is 19.6.